The summed E-state index contributed by atoms with van der Waals surface area (Å²) in [4.78, 5) is 0. The number of benzene rings is 4. The van der Waals surface area contributed by atoms with E-state index in [-0.39, 0.29) is 41.1 Å². The molecule has 0 bridgehead atoms. The van der Waals surface area contributed by atoms with Crippen molar-refractivity contribution in [2.75, 3.05) is 0 Å². The summed E-state index contributed by atoms with van der Waals surface area (Å²) in [6.07, 6.45) is 6.24. The molecule has 0 radical (unpaired) electrons. The monoisotopic (exact) mass is 752 g/mol. The molecule has 0 aliphatic heterocycles. The SMILES string of the molecule is Cc1ccc(/[C](c2ccccc2)=[Zr+2](\[C]2=CC(C(C)(C)C)=CC2C)[c]2cc(C(C)(C)C)cc3c2Cc2ccc(C(C)(C)C)cc2-3)cc1.[Cl-].[Cl-]. The largest absolute Gasteiger partial charge is 1.00 e. The molecule has 250 valence electrons. The molecule has 1 unspecified atom stereocenters. The Balaban J connectivity index is 0.00000260. The van der Waals surface area contributed by atoms with Crippen LogP contribution in [0.4, 0.5) is 0 Å². The van der Waals surface area contributed by atoms with E-state index >= 15 is 0 Å². The summed E-state index contributed by atoms with van der Waals surface area (Å²) in [6.45, 7) is 26.0. The maximum atomic E-state index is 2.67. The van der Waals surface area contributed by atoms with Gasteiger partial charge in [-0.25, -0.2) is 0 Å². The molecule has 0 saturated heterocycles. The molecule has 2 aliphatic rings. The second-order valence-electron chi connectivity index (χ2n) is 16.8. The number of allylic oxidation sites excluding steroid dienone is 4. The topological polar surface area (TPSA) is 0 Å². The third kappa shape index (κ3) is 7.55. The molecule has 0 N–H and O–H groups in total. The zero-order chi connectivity index (χ0) is 33.2. The molecule has 0 nitrogen and oxygen atoms in total. The summed E-state index contributed by atoms with van der Waals surface area (Å²) in [7, 11) is 0. The average molecular weight is 755 g/mol. The molecule has 3 heteroatoms. The van der Waals surface area contributed by atoms with Gasteiger partial charge in [0.05, 0.1) is 0 Å². The zero-order valence-corrected chi connectivity index (χ0v) is 34.7. The molecular weight excluding hydrogens is 703 g/mol. The molecule has 1 atom stereocenters. The molecule has 2 aliphatic carbocycles. The van der Waals surface area contributed by atoms with Gasteiger partial charge in [0.15, 0.2) is 0 Å². The molecule has 0 aromatic heterocycles. The fraction of sp³-hybridized carbons (Fsp3) is 0.356. The number of fused-ring (bicyclic) bond motifs is 3. The third-order valence-electron chi connectivity index (χ3n) is 10.1. The summed E-state index contributed by atoms with van der Waals surface area (Å²) >= 11 is -2.87. The Hall–Kier alpha value is -2.31. The fourth-order valence-corrected chi connectivity index (χ4v) is 15.5. The van der Waals surface area contributed by atoms with E-state index in [9.17, 15) is 0 Å². The Morgan fingerprint density at radius 3 is 1.79 bits per heavy atom. The first kappa shape index (κ1) is 38.5. The van der Waals surface area contributed by atoms with Crippen molar-refractivity contribution >= 4 is 6.48 Å². The first-order chi connectivity index (χ1) is 21.5. The number of aryl methyl sites for hydroxylation is 1. The van der Waals surface area contributed by atoms with E-state index in [1.54, 1.807) is 15.3 Å². The van der Waals surface area contributed by atoms with Crippen molar-refractivity contribution in [1.82, 2.24) is 0 Å². The van der Waals surface area contributed by atoms with Gasteiger partial charge in [-0.05, 0) is 0 Å². The van der Waals surface area contributed by atoms with Crippen molar-refractivity contribution in [3.05, 3.63) is 145 Å². The minimum absolute atomic E-state index is 0. The Kier molecular flexibility index (Phi) is 11.3. The van der Waals surface area contributed by atoms with Gasteiger partial charge in [0.1, 0.15) is 0 Å². The van der Waals surface area contributed by atoms with Gasteiger partial charge in [-0.2, -0.15) is 0 Å². The van der Waals surface area contributed by atoms with E-state index in [0.29, 0.717) is 5.92 Å². The smallest absolute Gasteiger partial charge is 1.00 e. The summed E-state index contributed by atoms with van der Waals surface area (Å²) < 4.78 is 4.97. The predicted molar refractivity (Wildman–Crippen MR) is 197 cm³/mol. The molecule has 0 heterocycles. The number of rotatable bonds is 4. The number of halogens is 2. The van der Waals surface area contributed by atoms with Crippen LogP contribution in [0.2, 0.25) is 0 Å². The van der Waals surface area contributed by atoms with Crippen LogP contribution in [-0.4, -0.2) is 3.21 Å². The van der Waals surface area contributed by atoms with Gasteiger partial charge in [0.25, 0.3) is 0 Å². The van der Waals surface area contributed by atoms with Crippen LogP contribution >= 0.6 is 0 Å². The van der Waals surface area contributed by atoms with Crippen LogP contribution in [0.3, 0.4) is 0 Å². The molecular formula is C45H52Cl2Zr. The second kappa shape index (κ2) is 14.1. The Morgan fingerprint density at radius 2 is 1.23 bits per heavy atom. The molecule has 0 saturated carbocycles. The summed E-state index contributed by atoms with van der Waals surface area (Å²) in [5, 5.41) is 0. The number of hydrogen-bond acceptors (Lipinski definition) is 0. The molecule has 4 aromatic rings. The average Bonchev–Trinajstić information content (AvgIpc) is 3.56. The molecule has 48 heavy (non-hydrogen) atoms. The van der Waals surface area contributed by atoms with Gasteiger partial charge >= 0.3 is 288 Å². The maximum absolute atomic E-state index is 2.87. The van der Waals surface area contributed by atoms with Crippen molar-refractivity contribution in [2.24, 2.45) is 11.3 Å². The fourth-order valence-electron chi connectivity index (χ4n) is 7.08. The molecule has 0 amide bonds. The van der Waals surface area contributed by atoms with E-state index in [2.05, 4.69) is 173 Å². The van der Waals surface area contributed by atoms with Gasteiger partial charge in [-0.15, -0.1) is 0 Å². The molecule has 0 spiro atoms. The minimum Gasteiger partial charge on any atom is -1.00 e. The maximum Gasteiger partial charge on any atom is -1.00 e. The standard InChI is InChI=1S/C21H25.C14H12.C10H15.2ClH.Zr/c1-20(2,3)16-9-7-14-11-15-8-10-17(21(4,5)6)13-19(15)18(14)12-16;1-12-7-9-14(10-8-12)11-13-5-3-2-4-6-13;1-8-5-6-9(7-8)10(2,3)4;;;/h7,9-10,12-13H,11H2,1-6H3;2-10H,1H3;6-8H,1-4H3;2*1H;/q;;;;;+2/p-2. The summed E-state index contributed by atoms with van der Waals surface area (Å²) in [5.74, 6) is 0.429. The van der Waals surface area contributed by atoms with Gasteiger partial charge in [0, 0.05) is 0 Å². The number of hydrogen-bond donors (Lipinski definition) is 0. The normalized spacial score (nSPS) is 15.8. The van der Waals surface area contributed by atoms with Crippen molar-refractivity contribution in [2.45, 2.75) is 93.4 Å². The van der Waals surface area contributed by atoms with E-state index < -0.39 is 21.3 Å². The van der Waals surface area contributed by atoms with Gasteiger partial charge in [-0.3, -0.25) is 0 Å². The Morgan fingerprint density at radius 1 is 0.646 bits per heavy atom. The van der Waals surface area contributed by atoms with E-state index in [4.69, 9.17) is 0 Å². The third-order valence-corrected chi connectivity index (χ3v) is 18.0. The van der Waals surface area contributed by atoms with E-state index in [1.165, 1.54) is 50.1 Å². The van der Waals surface area contributed by atoms with Crippen molar-refractivity contribution in [3.63, 3.8) is 0 Å². The van der Waals surface area contributed by atoms with E-state index in [1.807, 2.05) is 0 Å². The Labute approximate surface area is 311 Å². The van der Waals surface area contributed by atoms with Crippen molar-refractivity contribution < 1.29 is 46.1 Å². The second-order valence-corrected chi connectivity index (χ2v) is 22.7. The van der Waals surface area contributed by atoms with Crippen LogP contribution in [0.25, 0.3) is 11.1 Å². The van der Waals surface area contributed by atoms with Gasteiger partial charge < -0.3 is 24.8 Å². The van der Waals surface area contributed by atoms with Crippen molar-refractivity contribution in [1.29, 1.82) is 0 Å². The van der Waals surface area contributed by atoms with Gasteiger partial charge in [-0.1, -0.05) is 0 Å². The van der Waals surface area contributed by atoms with Crippen LogP contribution in [0.15, 0.2) is 106 Å². The zero-order valence-electron chi connectivity index (χ0n) is 30.8. The Bertz CT molecular complexity index is 1900. The first-order valence-electron chi connectivity index (χ1n) is 17.1. The van der Waals surface area contributed by atoms with E-state index in [0.717, 1.165) is 6.42 Å². The van der Waals surface area contributed by atoms with Crippen LogP contribution in [0.5, 0.6) is 0 Å². The molecule has 0 fully saturated rings. The quantitative estimate of drug-likeness (QED) is 0.237. The van der Waals surface area contributed by atoms with Crippen LogP contribution in [0.1, 0.15) is 108 Å². The molecule has 4 aromatic carbocycles. The molecule has 6 rings (SSSR count). The predicted octanol–water partition coefficient (Wildman–Crippen LogP) is 5.19. The van der Waals surface area contributed by atoms with Crippen LogP contribution in [-0.2, 0) is 38.5 Å². The van der Waals surface area contributed by atoms with Crippen molar-refractivity contribution in [3.8, 4) is 11.1 Å². The summed E-state index contributed by atoms with van der Waals surface area (Å²) in [5.41, 5.74) is 14.7. The summed E-state index contributed by atoms with van der Waals surface area (Å²) in [6, 6.07) is 33.3. The van der Waals surface area contributed by atoms with Crippen LogP contribution < -0.4 is 28.1 Å². The van der Waals surface area contributed by atoms with Crippen LogP contribution in [0, 0.1) is 18.3 Å². The minimum atomic E-state index is -2.87. The first-order valence-corrected chi connectivity index (χ1v) is 20.8. The van der Waals surface area contributed by atoms with Gasteiger partial charge in [0.2, 0.25) is 0 Å².